The molecule has 2 aromatic carbocycles. The lowest BCUT2D eigenvalue weighted by Gasteiger charge is -2.31. The SMILES string of the molecule is CCOC(=O)C=C(c1cccc(OC)c1)n1ccc2cc(OCCc3ccc4c(n3)N(C(=O)OC(C)(C)C)CCC4)ccc21. The highest BCUT2D eigenvalue weighted by atomic mass is 16.6. The number of anilines is 1. The molecule has 2 aromatic heterocycles. The van der Waals surface area contributed by atoms with Crippen LogP contribution < -0.4 is 14.4 Å². The van der Waals surface area contributed by atoms with E-state index in [0.717, 1.165) is 46.3 Å². The molecule has 4 aromatic rings. The van der Waals surface area contributed by atoms with E-state index in [9.17, 15) is 9.59 Å². The van der Waals surface area contributed by atoms with Crippen LogP contribution in [0.15, 0.2) is 72.9 Å². The van der Waals surface area contributed by atoms with Crippen LogP contribution in [-0.2, 0) is 27.1 Å². The van der Waals surface area contributed by atoms with Crippen LogP contribution in [0.2, 0.25) is 0 Å². The van der Waals surface area contributed by atoms with E-state index in [0.29, 0.717) is 36.8 Å². The van der Waals surface area contributed by atoms with Gasteiger partial charge >= 0.3 is 12.1 Å². The monoisotopic (exact) mass is 597 g/mol. The number of amides is 1. The lowest BCUT2D eigenvalue weighted by molar-refractivity contribution is -0.137. The maximum Gasteiger partial charge on any atom is 0.416 e. The minimum absolute atomic E-state index is 0.289. The van der Waals surface area contributed by atoms with Gasteiger partial charge in [0.05, 0.1) is 31.5 Å². The summed E-state index contributed by atoms with van der Waals surface area (Å²) in [5.74, 6) is 1.67. The number of carbonyl (C=O) groups is 2. The number of esters is 1. The zero-order valence-electron chi connectivity index (χ0n) is 26.0. The minimum atomic E-state index is -0.573. The standard InChI is InChI=1S/C35H39N3O6/c1-6-42-32(39)23-31(25-9-7-11-28(21-25)41-5)37-19-16-26-22-29(14-15-30(26)37)43-20-17-27-13-12-24-10-8-18-38(33(24)36-27)34(40)44-35(2,3)4/h7,9,11-16,19,21-23H,6,8,10,17-18,20H2,1-5H3. The van der Waals surface area contributed by atoms with Gasteiger partial charge < -0.3 is 23.5 Å². The largest absolute Gasteiger partial charge is 0.497 e. The maximum absolute atomic E-state index is 12.8. The van der Waals surface area contributed by atoms with Crippen LogP contribution in [0, 0.1) is 0 Å². The number of hydrogen-bond donors (Lipinski definition) is 0. The van der Waals surface area contributed by atoms with Gasteiger partial charge in [0, 0.05) is 41.9 Å². The highest BCUT2D eigenvalue weighted by Crippen LogP contribution is 2.30. The Kier molecular flexibility index (Phi) is 9.23. The van der Waals surface area contributed by atoms with Crippen molar-refractivity contribution in [1.82, 2.24) is 9.55 Å². The van der Waals surface area contributed by atoms with E-state index < -0.39 is 11.6 Å². The smallest absolute Gasteiger partial charge is 0.416 e. The molecule has 0 spiro atoms. The molecule has 1 aliphatic rings. The summed E-state index contributed by atoms with van der Waals surface area (Å²) in [5, 5.41) is 0.958. The number of hydrogen-bond acceptors (Lipinski definition) is 7. The van der Waals surface area contributed by atoms with Gasteiger partial charge in [0.1, 0.15) is 22.9 Å². The van der Waals surface area contributed by atoms with Crippen LogP contribution in [-0.4, -0.2) is 54.1 Å². The molecule has 230 valence electrons. The first kappa shape index (κ1) is 30.7. The van der Waals surface area contributed by atoms with Crippen molar-refractivity contribution in [3.05, 3.63) is 89.8 Å². The Bertz CT molecular complexity index is 1680. The van der Waals surface area contributed by atoms with E-state index in [1.807, 2.05) is 92.2 Å². The first-order valence-corrected chi connectivity index (χ1v) is 14.9. The second-order valence-corrected chi connectivity index (χ2v) is 11.5. The third kappa shape index (κ3) is 7.22. The molecule has 0 fully saturated rings. The predicted octanol–water partition coefficient (Wildman–Crippen LogP) is 6.81. The first-order valence-electron chi connectivity index (χ1n) is 14.9. The second-order valence-electron chi connectivity index (χ2n) is 11.5. The van der Waals surface area contributed by atoms with Gasteiger partial charge in [-0.25, -0.2) is 14.6 Å². The number of ether oxygens (including phenoxy) is 4. The van der Waals surface area contributed by atoms with Crippen molar-refractivity contribution < 1.29 is 28.5 Å². The van der Waals surface area contributed by atoms with Gasteiger partial charge in [-0.2, -0.15) is 0 Å². The molecular formula is C35H39N3O6. The lowest BCUT2D eigenvalue weighted by atomic mass is 10.1. The molecule has 0 saturated heterocycles. The van der Waals surface area contributed by atoms with Crippen molar-refractivity contribution in [2.75, 3.05) is 31.8 Å². The van der Waals surface area contributed by atoms with E-state index in [1.165, 1.54) is 6.08 Å². The maximum atomic E-state index is 12.8. The summed E-state index contributed by atoms with van der Waals surface area (Å²) in [6.45, 7) is 8.67. The Hall–Kier alpha value is -4.79. The van der Waals surface area contributed by atoms with E-state index in [4.69, 9.17) is 23.9 Å². The molecule has 5 rings (SSSR count). The number of benzene rings is 2. The number of pyridine rings is 1. The number of carbonyl (C=O) groups excluding carboxylic acids is 2. The Morgan fingerprint density at radius 3 is 2.64 bits per heavy atom. The normalized spacial score (nSPS) is 13.4. The second kappa shape index (κ2) is 13.2. The van der Waals surface area contributed by atoms with Crippen molar-refractivity contribution in [3.8, 4) is 11.5 Å². The topological polar surface area (TPSA) is 92.1 Å². The molecule has 9 heteroatoms. The average Bonchev–Trinajstić information content (AvgIpc) is 3.42. The molecule has 3 heterocycles. The molecule has 0 atom stereocenters. The van der Waals surface area contributed by atoms with E-state index in [1.54, 1.807) is 18.9 Å². The number of fused-ring (bicyclic) bond motifs is 2. The van der Waals surface area contributed by atoms with Crippen molar-refractivity contribution in [2.24, 2.45) is 0 Å². The Balaban J connectivity index is 1.31. The van der Waals surface area contributed by atoms with Crippen molar-refractivity contribution in [1.29, 1.82) is 0 Å². The zero-order chi connectivity index (χ0) is 31.3. The number of methoxy groups -OCH3 is 1. The molecule has 0 aliphatic carbocycles. The van der Waals surface area contributed by atoms with E-state index in [2.05, 4.69) is 0 Å². The van der Waals surface area contributed by atoms with Crippen LogP contribution in [0.3, 0.4) is 0 Å². The quantitative estimate of drug-likeness (QED) is 0.155. The van der Waals surface area contributed by atoms with Gasteiger partial charge in [-0.1, -0.05) is 18.2 Å². The number of nitrogens with zero attached hydrogens (tertiary/aromatic N) is 3. The Labute approximate surface area is 258 Å². The summed E-state index contributed by atoms with van der Waals surface area (Å²) in [4.78, 5) is 31.8. The molecule has 0 unspecified atom stereocenters. The fraction of sp³-hybridized carbons (Fsp3) is 0.343. The minimum Gasteiger partial charge on any atom is -0.497 e. The molecule has 0 bridgehead atoms. The molecule has 1 amide bonds. The molecule has 9 nitrogen and oxygen atoms in total. The van der Waals surface area contributed by atoms with Crippen LogP contribution in [0.4, 0.5) is 10.6 Å². The summed E-state index contributed by atoms with van der Waals surface area (Å²) in [5.41, 5.74) is 3.72. The summed E-state index contributed by atoms with van der Waals surface area (Å²) >= 11 is 0. The lowest BCUT2D eigenvalue weighted by Crippen LogP contribution is -2.40. The van der Waals surface area contributed by atoms with E-state index >= 15 is 0 Å². The predicted molar refractivity (Wildman–Crippen MR) is 170 cm³/mol. The molecule has 0 radical (unpaired) electrons. The fourth-order valence-corrected chi connectivity index (χ4v) is 5.18. The summed E-state index contributed by atoms with van der Waals surface area (Å²) < 4.78 is 24.3. The van der Waals surface area contributed by atoms with Gasteiger partial charge in [0.2, 0.25) is 0 Å². The Morgan fingerprint density at radius 1 is 1.02 bits per heavy atom. The average molecular weight is 598 g/mol. The number of rotatable bonds is 9. The highest BCUT2D eigenvalue weighted by Gasteiger charge is 2.28. The summed E-state index contributed by atoms with van der Waals surface area (Å²) in [6, 6.07) is 19.5. The van der Waals surface area contributed by atoms with Crippen molar-refractivity contribution >= 4 is 34.5 Å². The summed E-state index contributed by atoms with van der Waals surface area (Å²) in [7, 11) is 1.61. The van der Waals surface area contributed by atoms with Crippen molar-refractivity contribution in [2.45, 2.75) is 52.6 Å². The van der Waals surface area contributed by atoms with Gasteiger partial charge in [0.15, 0.2) is 0 Å². The highest BCUT2D eigenvalue weighted by molar-refractivity contribution is 5.95. The van der Waals surface area contributed by atoms with Gasteiger partial charge in [0.25, 0.3) is 0 Å². The zero-order valence-corrected chi connectivity index (χ0v) is 26.0. The van der Waals surface area contributed by atoms with Gasteiger partial charge in [-0.15, -0.1) is 0 Å². The van der Waals surface area contributed by atoms with Crippen molar-refractivity contribution in [3.63, 3.8) is 0 Å². The molecular weight excluding hydrogens is 558 g/mol. The third-order valence-electron chi connectivity index (χ3n) is 7.17. The number of aromatic nitrogens is 2. The molecule has 44 heavy (non-hydrogen) atoms. The van der Waals surface area contributed by atoms with Crippen LogP contribution in [0.25, 0.3) is 16.6 Å². The van der Waals surface area contributed by atoms with Gasteiger partial charge in [-0.05, 0) is 88.6 Å². The Morgan fingerprint density at radius 2 is 1.86 bits per heavy atom. The molecule has 1 aliphatic heterocycles. The van der Waals surface area contributed by atoms with Crippen LogP contribution >= 0.6 is 0 Å². The van der Waals surface area contributed by atoms with E-state index in [-0.39, 0.29) is 12.7 Å². The van der Waals surface area contributed by atoms with Crippen LogP contribution in [0.1, 0.15) is 50.9 Å². The molecule has 0 saturated carbocycles. The number of aryl methyl sites for hydroxylation is 1. The fourth-order valence-electron chi connectivity index (χ4n) is 5.18. The molecule has 0 N–H and O–H groups in total. The summed E-state index contributed by atoms with van der Waals surface area (Å²) in [6.07, 6.45) is 5.39. The third-order valence-corrected chi connectivity index (χ3v) is 7.17. The van der Waals surface area contributed by atoms with Crippen LogP contribution in [0.5, 0.6) is 11.5 Å². The first-order chi connectivity index (χ1) is 21.1. The van der Waals surface area contributed by atoms with Gasteiger partial charge in [-0.3, -0.25) is 4.90 Å².